The van der Waals surface area contributed by atoms with Gasteiger partial charge in [0.05, 0.1) is 29.3 Å². The average Bonchev–Trinajstić information content (AvgIpc) is 2.57. The molecule has 3 unspecified atom stereocenters. The van der Waals surface area contributed by atoms with Gasteiger partial charge >= 0.3 is 0 Å². The van der Waals surface area contributed by atoms with Crippen LogP contribution in [0.2, 0.25) is 0 Å². The van der Waals surface area contributed by atoms with E-state index in [4.69, 9.17) is 14.7 Å². The minimum atomic E-state index is -0.331. The number of aliphatic hydroxyl groups is 1. The van der Waals surface area contributed by atoms with Crippen LogP contribution in [0, 0.1) is 0 Å². The first-order valence-corrected chi connectivity index (χ1v) is 9.00. The van der Waals surface area contributed by atoms with Gasteiger partial charge in [-0.1, -0.05) is 12.1 Å². The summed E-state index contributed by atoms with van der Waals surface area (Å²) in [5.41, 5.74) is 1.79. The summed E-state index contributed by atoms with van der Waals surface area (Å²) in [6.07, 6.45) is 0.684. The monoisotopic (exact) mass is 344 g/mol. The van der Waals surface area contributed by atoms with E-state index in [0.29, 0.717) is 6.42 Å². The molecule has 2 heterocycles. The molecule has 0 aliphatic carbocycles. The van der Waals surface area contributed by atoms with Crippen LogP contribution in [0.5, 0.6) is 0 Å². The number of benzene rings is 1. The Balaban J connectivity index is 2.00. The van der Waals surface area contributed by atoms with Crippen molar-refractivity contribution in [1.82, 2.24) is 9.97 Å². The number of rotatable bonds is 5. The quantitative estimate of drug-likeness (QED) is 0.899. The third-order valence-corrected chi connectivity index (χ3v) is 4.50. The fourth-order valence-electron chi connectivity index (χ4n) is 3.29. The minimum Gasteiger partial charge on any atom is -0.393 e. The molecule has 3 atom stereocenters. The summed E-state index contributed by atoms with van der Waals surface area (Å²) >= 11 is 0. The number of aliphatic hydroxyl groups excluding tert-OH is 1. The molecule has 1 aromatic carbocycles. The lowest BCUT2D eigenvalue weighted by Gasteiger charge is -2.37. The van der Waals surface area contributed by atoms with Gasteiger partial charge in [0.1, 0.15) is 0 Å². The standard InChI is InChI=1S/C19H28N4O2/c1-13(24)9-10-22(4)18-19(23-11-14(2)25-15(3)12-23)21-17-8-6-5-7-16(17)20-18/h5-8,13-15,24H,9-12H2,1-4H3. The summed E-state index contributed by atoms with van der Waals surface area (Å²) in [6.45, 7) is 8.32. The van der Waals surface area contributed by atoms with Crippen molar-refractivity contribution in [2.45, 2.75) is 45.5 Å². The Morgan fingerprint density at radius 1 is 1.20 bits per heavy atom. The second-order valence-corrected chi connectivity index (χ2v) is 7.08. The molecule has 1 N–H and O–H groups in total. The molecule has 0 amide bonds. The van der Waals surface area contributed by atoms with Crippen LogP contribution in [0.15, 0.2) is 24.3 Å². The van der Waals surface area contributed by atoms with Crippen molar-refractivity contribution in [3.05, 3.63) is 24.3 Å². The molecule has 6 nitrogen and oxygen atoms in total. The van der Waals surface area contributed by atoms with Crippen LogP contribution in [0.1, 0.15) is 27.2 Å². The van der Waals surface area contributed by atoms with E-state index in [1.54, 1.807) is 0 Å². The maximum atomic E-state index is 9.62. The number of hydrogen-bond acceptors (Lipinski definition) is 6. The Bertz CT molecular complexity index is 712. The number of fused-ring (bicyclic) bond motifs is 1. The molecule has 3 rings (SSSR count). The fourth-order valence-corrected chi connectivity index (χ4v) is 3.29. The van der Waals surface area contributed by atoms with E-state index < -0.39 is 0 Å². The maximum Gasteiger partial charge on any atom is 0.172 e. The SMILES string of the molecule is CC(O)CCN(C)c1nc2ccccc2nc1N1CC(C)OC(C)C1. The van der Waals surface area contributed by atoms with Crippen molar-refractivity contribution < 1.29 is 9.84 Å². The number of nitrogens with zero attached hydrogens (tertiary/aromatic N) is 4. The summed E-state index contributed by atoms with van der Waals surface area (Å²) in [7, 11) is 2.01. The summed E-state index contributed by atoms with van der Waals surface area (Å²) < 4.78 is 5.87. The number of ether oxygens (including phenoxy) is 1. The van der Waals surface area contributed by atoms with Gasteiger partial charge in [-0.3, -0.25) is 0 Å². The average molecular weight is 344 g/mol. The van der Waals surface area contributed by atoms with Crippen molar-refractivity contribution in [3.8, 4) is 0 Å². The molecule has 1 aliphatic rings. The van der Waals surface area contributed by atoms with Gasteiger partial charge in [-0.2, -0.15) is 0 Å². The molecular weight excluding hydrogens is 316 g/mol. The Morgan fingerprint density at radius 3 is 2.40 bits per heavy atom. The highest BCUT2D eigenvalue weighted by Crippen LogP contribution is 2.30. The van der Waals surface area contributed by atoms with Crippen LogP contribution in [0.4, 0.5) is 11.6 Å². The molecule has 25 heavy (non-hydrogen) atoms. The van der Waals surface area contributed by atoms with E-state index in [-0.39, 0.29) is 18.3 Å². The van der Waals surface area contributed by atoms with Gasteiger partial charge in [0.25, 0.3) is 0 Å². The zero-order valence-electron chi connectivity index (χ0n) is 15.5. The maximum absolute atomic E-state index is 9.62. The number of hydrogen-bond donors (Lipinski definition) is 1. The van der Waals surface area contributed by atoms with Crippen molar-refractivity contribution in [2.75, 3.05) is 36.5 Å². The first-order valence-electron chi connectivity index (χ1n) is 9.00. The van der Waals surface area contributed by atoms with E-state index in [2.05, 4.69) is 23.6 Å². The fraction of sp³-hybridized carbons (Fsp3) is 0.579. The molecule has 0 bridgehead atoms. The lowest BCUT2D eigenvalue weighted by Crippen LogP contribution is -2.46. The van der Waals surface area contributed by atoms with E-state index in [1.807, 2.05) is 38.2 Å². The Kier molecular flexibility index (Phi) is 5.39. The third kappa shape index (κ3) is 4.19. The number of morpholine rings is 1. The molecule has 1 fully saturated rings. The van der Waals surface area contributed by atoms with Crippen LogP contribution in [0.25, 0.3) is 11.0 Å². The Morgan fingerprint density at radius 2 is 1.80 bits per heavy atom. The largest absolute Gasteiger partial charge is 0.393 e. The molecule has 0 spiro atoms. The van der Waals surface area contributed by atoms with Gasteiger partial charge in [0.2, 0.25) is 0 Å². The number of anilines is 2. The highest BCUT2D eigenvalue weighted by atomic mass is 16.5. The molecule has 1 aliphatic heterocycles. The van der Waals surface area contributed by atoms with Crippen LogP contribution in [0.3, 0.4) is 0 Å². The molecular formula is C19H28N4O2. The predicted octanol–water partition coefficient (Wildman–Crippen LogP) is 2.45. The smallest absolute Gasteiger partial charge is 0.172 e. The van der Waals surface area contributed by atoms with Crippen molar-refractivity contribution >= 4 is 22.7 Å². The second kappa shape index (κ2) is 7.54. The third-order valence-electron chi connectivity index (χ3n) is 4.50. The van der Waals surface area contributed by atoms with E-state index >= 15 is 0 Å². The summed E-state index contributed by atoms with van der Waals surface area (Å²) in [5.74, 6) is 1.76. The highest BCUT2D eigenvalue weighted by Gasteiger charge is 2.27. The Hall–Kier alpha value is -1.92. The first-order chi connectivity index (χ1) is 11.9. The zero-order valence-corrected chi connectivity index (χ0v) is 15.5. The van der Waals surface area contributed by atoms with Crippen LogP contribution in [-0.4, -0.2) is 60.1 Å². The lowest BCUT2D eigenvalue weighted by molar-refractivity contribution is -0.00542. The number of para-hydroxylation sites is 2. The van der Waals surface area contributed by atoms with Crippen molar-refractivity contribution in [2.24, 2.45) is 0 Å². The van der Waals surface area contributed by atoms with Gasteiger partial charge in [0.15, 0.2) is 11.6 Å². The molecule has 1 aromatic heterocycles. The van der Waals surface area contributed by atoms with E-state index in [1.165, 1.54) is 0 Å². The van der Waals surface area contributed by atoms with Crippen LogP contribution in [-0.2, 0) is 4.74 Å². The number of aromatic nitrogens is 2. The summed E-state index contributed by atoms with van der Waals surface area (Å²) in [6, 6.07) is 7.96. The van der Waals surface area contributed by atoms with E-state index in [0.717, 1.165) is 42.3 Å². The molecule has 136 valence electrons. The van der Waals surface area contributed by atoms with Crippen molar-refractivity contribution in [1.29, 1.82) is 0 Å². The zero-order chi connectivity index (χ0) is 18.0. The second-order valence-electron chi connectivity index (χ2n) is 7.08. The normalized spacial score (nSPS) is 22.2. The van der Waals surface area contributed by atoms with Gasteiger partial charge < -0.3 is 19.6 Å². The summed E-state index contributed by atoms with van der Waals surface area (Å²) in [4.78, 5) is 14.2. The Labute approximate surface area is 149 Å². The molecule has 2 aromatic rings. The van der Waals surface area contributed by atoms with Crippen molar-refractivity contribution in [3.63, 3.8) is 0 Å². The topological polar surface area (TPSA) is 61.7 Å². The predicted molar refractivity (Wildman–Crippen MR) is 101 cm³/mol. The highest BCUT2D eigenvalue weighted by molar-refractivity contribution is 5.80. The molecule has 0 saturated carbocycles. The van der Waals surface area contributed by atoms with Gasteiger partial charge in [-0.25, -0.2) is 9.97 Å². The van der Waals surface area contributed by atoms with Gasteiger partial charge in [-0.05, 0) is 39.3 Å². The van der Waals surface area contributed by atoms with Gasteiger partial charge in [0, 0.05) is 26.7 Å². The first kappa shape index (κ1) is 17.9. The van der Waals surface area contributed by atoms with Gasteiger partial charge in [-0.15, -0.1) is 0 Å². The van der Waals surface area contributed by atoms with E-state index in [9.17, 15) is 5.11 Å². The molecule has 0 radical (unpaired) electrons. The lowest BCUT2D eigenvalue weighted by atomic mass is 10.2. The molecule has 1 saturated heterocycles. The van der Waals surface area contributed by atoms with Crippen LogP contribution >= 0.6 is 0 Å². The minimum absolute atomic E-state index is 0.160. The summed E-state index contributed by atoms with van der Waals surface area (Å²) in [5, 5.41) is 9.62. The van der Waals surface area contributed by atoms with Crippen LogP contribution < -0.4 is 9.80 Å². The molecule has 6 heteroatoms.